The molecule has 0 atom stereocenters. The summed E-state index contributed by atoms with van der Waals surface area (Å²) >= 11 is 6.41. The topological polar surface area (TPSA) is 36.7 Å². The Labute approximate surface area is 146 Å². The van der Waals surface area contributed by atoms with Crippen LogP contribution < -0.4 is 0 Å². The first-order valence-electron chi connectivity index (χ1n) is 8.52. The second-order valence-electron chi connectivity index (χ2n) is 6.70. The maximum absolute atomic E-state index is 12.3. The van der Waals surface area contributed by atoms with Crippen molar-refractivity contribution in [1.82, 2.24) is 9.80 Å². The van der Waals surface area contributed by atoms with Crippen molar-refractivity contribution in [3.05, 3.63) is 40.1 Å². The molecule has 2 aromatic rings. The second kappa shape index (κ2) is 6.26. The number of nitrogens with zero attached hydrogens (tertiary/aromatic N) is 2. The third-order valence-corrected chi connectivity index (χ3v) is 5.36. The predicted molar refractivity (Wildman–Crippen MR) is 96.1 cm³/mol. The summed E-state index contributed by atoms with van der Waals surface area (Å²) in [5.41, 5.74) is 3.14. The van der Waals surface area contributed by atoms with E-state index in [1.54, 1.807) is 6.08 Å². The van der Waals surface area contributed by atoms with Crippen molar-refractivity contribution in [3.63, 3.8) is 0 Å². The highest BCUT2D eigenvalue weighted by Crippen LogP contribution is 2.36. The Balaban J connectivity index is 1.74. The molecule has 4 nitrogen and oxygen atoms in total. The highest BCUT2D eigenvalue weighted by molar-refractivity contribution is 6.32. The molecule has 126 valence electrons. The van der Waals surface area contributed by atoms with E-state index in [0.29, 0.717) is 0 Å². The normalized spacial score (nSPS) is 18.7. The number of furan rings is 1. The molecule has 24 heavy (non-hydrogen) atoms. The Bertz CT molecular complexity index is 818. The van der Waals surface area contributed by atoms with Crippen molar-refractivity contribution < 1.29 is 9.21 Å². The summed E-state index contributed by atoms with van der Waals surface area (Å²) in [7, 11) is 2.10. The lowest BCUT2D eigenvalue weighted by Crippen LogP contribution is -2.25. The van der Waals surface area contributed by atoms with Gasteiger partial charge in [0.25, 0.3) is 0 Å². The van der Waals surface area contributed by atoms with Gasteiger partial charge in [0.05, 0.1) is 0 Å². The van der Waals surface area contributed by atoms with Gasteiger partial charge in [-0.25, -0.2) is 0 Å². The molecule has 1 amide bonds. The summed E-state index contributed by atoms with van der Waals surface area (Å²) < 4.78 is 6.04. The van der Waals surface area contributed by atoms with E-state index in [9.17, 15) is 4.79 Å². The fourth-order valence-electron chi connectivity index (χ4n) is 3.70. The average Bonchev–Trinajstić information content (AvgIpc) is 3.17. The lowest BCUT2D eigenvalue weighted by atomic mass is 10.0. The number of halogens is 1. The molecule has 0 radical (unpaired) electrons. The van der Waals surface area contributed by atoms with Gasteiger partial charge in [0.1, 0.15) is 11.3 Å². The van der Waals surface area contributed by atoms with Crippen molar-refractivity contribution in [1.29, 1.82) is 0 Å². The van der Waals surface area contributed by atoms with E-state index in [1.165, 1.54) is 0 Å². The molecule has 1 aromatic heterocycles. The van der Waals surface area contributed by atoms with Crippen molar-refractivity contribution >= 4 is 34.6 Å². The molecule has 0 spiro atoms. The van der Waals surface area contributed by atoms with Gasteiger partial charge in [-0.2, -0.15) is 0 Å². The minimum Gasteiger partial charge on any atom is -0.456 e. The fraction of sp³-hybridized carbons (Fsp3) is 0.421. The van der Waals surface area contributed by atoms with Crippen LogP contribution >= 0.6 is 11.6 Å². The Kier molecular flexibility index (Phi) is 4.10. The molecule has 2 aliphatic rings. The zero-order valence-electron chi connectivity index (χ0n) is 13.8. The number of amides is 1. The van der Waals surface area contributed by atoms with Crippen molar-refractivity contribution in [2.45, 2.75) is 25.8 Å². The summed E-state index contributed by atoms with van der Waals surface area (Å²) in [4.78, 5) is 16.4. The van der Waals surface area contributed by atoms with Crippen LogP contribution in [0.3, 0.4) is 0 Å². The lowest BCUT2D eigenvalue weighted by Gasteiger charge is -2.13. The van der Waals surface area contributed by atoms with Gasteiger partial charge in [-0.3, -0.25) is 4.79 Å². The van der Waals surface area contributed by atoms with Crippen LogP contribution in [0.25, 0.3) is 17.0 Å². The van der Waals surface area contributed by atoms with Gasteiger partial charge in [-0.15, -0.1) is 0 Å². The van der Waals surface area contributed by atoms with Crippen LogP contribution in [0.5, 0.6) is 0 Å². The molecule has 0 bridgehead atoms. The SMILES string of the molecule is CN1CCc2c(Cl)ccc3oc(C=CC(=O)N4CCCC4)c(c23)C1. The molecule has 5 heteroatoms. The highest BCUT2D eigenvalue weighted by atomic mass is 35.5. The summed E-state index contributed by atoms with van der Waals surface area (Å²) in [5, 5.41) is 1.92. The van der Waals surface area contributed by atoms with E-state index in [-0.39, 0.29) is 5.91 Å². The summed E-state index contributed by atoms with van der Waals surface area (Å²) in [6.45, 7) is 3.48. The van der Waals surface area contributed by atoms with Crippen LogP contribution in [-0.2, 0) is 17.8 Å². The van der Waals surface area contributed by atoms with Crippen LogP contribution in [0.2, 0.25) is 5.02 Å². The van der Waals surface area contributed by atoms with Crippen LogP contribution in [-0.4, -0.2) is 42.4 Å². The molecule has 4 rings (SSSR count). The molecule has 1 fully saturated rings. The number of likely N-dealkylation sites (tertiary alicyclic amines) is 1. The molecule has 3 heterocycles. The van der Waals surface area contributed by atoms with Crippen LogP contribution in [0.1, 0.15) is 29.7 Å². The molecule has 0 N–H and O–H groups in total. The summed E-state index contributed by atoms with van der Waals surface area (Å²) in [5.74, 6) is 0.843. The number of carbonyl (C=O) groups excluding carboxylic acids is 1. The van der Waals surface area contributed by atoms with E-state index in [1.807, 2.05) is 23.1 Å². The van der Waals surface area contributed by atoms with E-state index in [4.69, 9.17) is 16.0 Å². The minimum atomic E-state index is 0.0698. The first-order chi connectivity index (χ1) is 11.6. The van der Waals surface area contributed by atoms with Gasteiger partial charge in [0.15, 0.2) is 0 Å². The van der Waals surface area contributed by atoms with Crippen LogP contribution in [0.4, 0.5) is 0 Å². The Morgan fingerprint density at radius 2 is 2.00 bits per heavy atom. The number of likely N-dealkylation sites (N-methyl/N-ethyl adjacent to an activating group) is 1. The molecule has 0 aliphatic carbocycles. The zero-order chi connectivity index (χ0) is 16.7. The van der Waals surface area contributed by atoms with E-state index in [0.717, 1.165) is 78.3 Å². The molecule has 1 saturated heterocycles. The van der Waals surface area contributed by atoms with Gasteiger partial charge in [-0.1, -0.05) is 11.6 Å². The van der Waals surface area contributed by atoms with Crippen LogP contribution in [0.15, 0.2) is 22.6 Å². The first-order valence-corrected chi connectivity index (χ1v) is 8.89. The molecule has 0 unspecified atom stereocenters. The quantitative estimate of drug-likeness (QED) is 0.779. The van der Waals surface area contributed by atoms with Crippen molar-refractivity contribution in [2.24, 2.45) is 0 Å². The van der Waals surface area contributed by atoms with Gasteiger partial charge in [0.2, 0.25) is 5.91 Å². The molecular formula is C19H21ClN2O2. The van der Waals surface area contributed by atoms with Crippen LogP contribution in [0, 0.1) is 0 Å². The van der Waals surface area contributed by atoms with E-state index >= 15 is 0 Å². The molecular weight excluding hydrogens is 324 g/mol. The molecule has 2 aliphatic heterocycles. The zero-order valence-corrected chi connectivity index (χ0v) is 14.6. The maximum atomic E-state index is 12.3. The monoisotopic (exact) mass is 344 g/mol. The number of benzene rings is 1. The van der Waals surface area contributed by atoms with Gasteiger partial charge < -0.3 is 14.2 Å². The van der Waals surface area contributed by atoms with Gasteiger partial charge in [-0.05, 0) is 50.1 Å². The first kappa shape index (κ1) is 15.7. The Morgan fingerprint density at radius 3 is 2.79 bits per heavy atom. The predicted octanol–water partition coefficient (Wildman–Crippen LogP) is 3.71. The van der Waals surface area contributed by atoms with E-state index in [2.05, 4.69) is 11.9 Å². The summed E-state index contributed by atoms with van der Waals surface area (Å²) in [6, 6.07) is 3.83. The highest BCUT2D eigenvalue weighted by Gasteiger charge is 2.23. The standard InChI is InChI=1S/C19H21ClN2O2/c1-21-11-8-13-15(20)4-5-17-19(13)14(12-21)16(24-17)6-7-18(23)22-9-2-3-10-22/h4-7H,2-3,8-12H2,1H3. The average molecular weight is 345 g/mol. The number of hydrogen-bond acceptors (Lipinski definition) is 3. The van der Waals surface area contributed by atoms with Gasteiger partial charge in [0, 0.05) is 48.2 Å². The largest absolute Gasteiger partial charge is 0.456 e. The third kappa shape index (κ3) is 2.74. The van der Waals surface area contributed by atoms with E-state index < -0.39 is 0 Å². The maximum Gasteiger partial charge on any atom is 0.246 e. The third-order valence-electron chi connectivity index (χ3n) is 5.00. The van der Waals surface area contributed by atoms with Crippen molar-refractivity contribution in [3.8, 4) is 0 Å². The molecule has 0 saturated carbocycles. The van der Waals surface area contributed by atoms with Crippen molar-refractivity contribution in [2.75, 3.05) is 26.7 Å². The number of carbonyl (C=O) groups is 1. The second-order valence-corrected chi connectivity index (χ2v) is 7.10. The lowest BCUT2D eigenvalue weighted by molar-refractivity contribution is -0.124. The fourth-order valence-corrected chi connectivity index (χ4v) is 3.95. The minimum absolute atomic E-state index is 0.0698. The Morgan fingerprint density at radius 1 is 1.21 bits per heavy atom. The van der Waals surface area contributed by atoms with Gasteiger partial charge >= 0.3 is 0 Å². The number of hydrogen-bond donors (Lipinski definition) is 0. The summed E-state index contributed by atoms with van der Waals surface area (Å²) in [6.07, 6.45) is 6.58. The smallest absolute Gasteiger partial charge is 0.246 e. The number of rotatable bonds is 2. The molecule has 1 aromatic carbocycles. The Hall–Kier alpha value is -1.78.